The number of hydrogen-bond donors (Lipinski definition) is 6. The second-order valence-electron chi connectivity index (χ2n) is 9.43. The lowest BCUT2D eigenvalue weighted by Gasteiger charge is -2.22. The molecule has 240 valence electrons. The predicted octanol–water partition coefficient (Wildman–Crippen LogP) is 1.35. The Morgan fingerprint density at radius 3 is 2.37 bits per heavy atom. The number of phosphoric ester groups is 1. The van der Waals surface area contributed by atoms with Crippen LogP contribution in [0.2, 0.25) is 0 Å². The minimum atomic E-state index is -5.77. The minimum Gasteiger partial charge on any atom is -0.390 e. The highest BCUT2D eigenvalue weighted by molar-refractivity contribution is 7.66. The number of aliphatic hydroxyl groups excluding tert-OH is 1. The van der Waals surface area contributed by atoms with Gasteiger partial charge in [-0.25, -0.2) is 18.5 Å². The van der Waals surface area contributed by atoms with Crippen LogP contribution in [-0.2, 0) is 42.9 Å². The molecule has 6 atom stereocenters. The first kappa shape index (κ1) is 35.1. The molecule has 1 saturated heterocycles. The third-order valence-electron chi connectivity index (χ3n) is 5.84. The fourth-order valence-electron chi connectivity index (χ4n) is 4.07. The van der Waals surface area contributed by atoms with E-state index in [1.807, 2.05) is 0 Å². The number of para-hydroxylation sites is 1. The molecule has 2 aromatic rings. The Kier molecular flexibility index (Phi) is 11.2. The number of benzene rings is 1. The van der Waals surface area contributed by atoms with Crippen LogP contribution in [0.25, 0.3) is 0 Å². The number of rotatable bonds is 14. The highest BCUT2D eigenvalue weighted by Gasteiger charge is 2.43. The number of H-pyrrole nitrogens is 1. The molecule has 43 heavy (non-hydrogen) atoms. The summed E-state index contributed by atoms with van der Waals surface area (Å²) in [7, 11) is -16.9. The van der Waals surface area contributed by atoms with Crippen molar-refractivity contribution in [3.63, 3.8) is 0 Å². The highest BCUT2D eigenvalue weighted by Crippen LogP contribution is 2.66. The Hall–Kier alpha value is -2.41. The molecule has 2 heterocycles. The lowest BCUT2D eigenvalue weighted by atomic mass is 9.97. The summed E-state index contributed by atoms with van der Waals surface area (Å²) in [6, 6.07) is 5.91. The zero-order valence-corrected chi connectivity index (χ0v) is 24.9. The van der Waals surface area contributed by atoms with Gasteiger partial charge in [0.2, 0.25) is 0 Å². The maximum atomic E-state index is 12.5. The molecule has 20 nitrogen and oxygen atoms in total. The van der Waals surface area contributed by atoms with E-state index in [4.69, 9.17) is 19.3 Å². The van der Waals surface area contributed by atoms with E-state index >= 15 is 0 Å². The molecule has 0 radical (unpaired) electrons. The lowest BCUT2D eigenvalue weighted by Crippen LogP contribution is -2.34. The average Bonchev–Trinajstić information content (AvgIpc) is 3.22. The smallest absolute Gasteiger partial charge is 0.390 e. The number of aromatic nitrogens is 2. The van der Waals surface area contributed by atoms with Crippen LogP contribution in [0.1, 0.15) is 43.7 Å². The zero-order chi connectivity index (χ0) is 32.3. The minimum absolute atomic E-state index is 0.0846. The van der Waals surface area contributed by atoms with Crippen LogP contribution in [0.15, 0.2) is 40.1 Å². The summed E-state index contributed by atoms with van der Waals surface area (Å²) in [5.41, 5.74) is -1.78. The molecule has 0 aliphatic carbocycles. The monoisotopic (exact) mass is 675 g/mol. The van der Waals surface area contributed by atoms with E-state index in [0.717, 1.165) is 10.8 Å². The van der Waals surface area contributed by atoms with Gasteiger partial charge >= 0.3 is 29.2 Å². The summed E-state index contributed by atoms with van der Waals surface area (Å²) in [6.07, 6.45) is -4.17. The molecule has 1 aromatic heterocycles. The van der Waals surface area contributed by atoms with Gasteiger partial charge in [-0.1, -0.05) is 26.0 Å². The third-order valence-corrected chi connectivity index (χ3v) is 9.64. The van der Waals surface area contributed by atoms with Crippen LogP contribution < -0.4 is 11.2 Å². The van der Waals surface area contributed by atoms with Crippen molar-refractivity contribution in [1.29, 1.82) is 0 Å². The molecule has 1 aliphatic rings. The number of aromatic amines is 1. The summed E-state index contributed by atoms with van der Waals surface area (Å²) in [6.45, 7) is 2.14. The van der Waals surface area contributed by atoms with E-state index in [1.54, 1.807) is 19.9 Å². The normalized spacial score (nSPS) is 22.7. The molecule has 1 aromatic carbocycles. The third kappa shape index (κ3) is 9.79. The first-order valence-electron chi connectivity index (χ1n) is 12.1. The van der Waals surface area contributed by atoms with Gasteiger partial charge in [-0.05, 0) is 12.0 Å². The van der Waals surface area contributed by atoms with Gasteiger partial charge in [-0.2, -0.15) is 8.62 Å². The Balaban J connectivity index is 1.73. The van der Waals surface area contributed by atoms with Gasteiger partial charge in [0.1, 0.15) is 12.3 Å². The lowest BCUT2D eigenvalue weighted by molar-refractivity contribution is -0.386. The first-order chi connectivity index (χ1) is 19.8. The summed E-state index contributed by atoms with van der Waals surface area (Å²) in [5, 5.41) is 21.8. The number of nitrogens with zero attached hydrogens (tertiary/aromatic N) is 2. The van der Waals surface area contributed by atoms with Crippen molar-refractivity contribution in [1.82, 2.24) is 9.55 Å². The van der Waals surface area contributed by atoms with Crippen LogP contribution in [-0.4, -0.2) is 58.0 Å². The van der Waals surface area contributed by atoms with Crippen LogP contribution in [0.4, 0.5) is 5.69 Å². The van der Waals surface area contributed by atoms with Gasteiger partial charge in [-0.3, -0.25) is 29.0 Å². The average molecular weight is 675 g/mol. The fraction of sp³-hybridized carbons (Fsp3) is 0.500. The van der Waals surface area contributed by atoms with E-state index in [1.165, 1.54) is 18.2 Å². The molecule has 0 saturated carbocycles. The number of aliphatic hydroxyl groups is 1. The van der Waals surface area contributed by atoms with Crippen molar-refractivity contribution < 1.29 is 65.9 Å². The number of nitrogens with one attached hydrogen (secondary N) is 1. The quantitative estimate of drug-likeness (QED) is 0.0935. The summed E-state index contributed by atoms with van der Waals surface area (Å²) >= 11 is 0. The molecular formula is C20H28N3O17P3. The molecule has 23 heteroatoms. The van der Waals surface area contributed by atoms with Crippen molar-refractivity contribution in [3.05, 3.63) is 72.5 Å². The Morgan fingerprint density at radius 2 is 1.77 bits per heavy atom. The first-order valence-corrected chi connectivity index (χ1v) is 16.6. The largest absolute Gasteiger partial charge is 0.490 e. The maximum Gasteiger partial charge on any atom is 0.490 e. The zero-order valence-electron chi connectivity index (χ0n) is 22.3. The fourth-order valence-corrected chi connectivity index (χ4v) is 7.10. The van der Waals surface area contributed by atoms with E-state index in [9.17, 15) is 48.3 Å². The van der Waals surface area contributed by atoms with Crippen molar-refractivity contribution in [2.75, 3.05) is 6.61 Å². The van der Waals surface area contributed by atoms with E-state index in [2.05, 4.69) is 18.1 Å². The molecular weight excluding hydrogens is 647 g/mol. The molecule has 6 N–H and O–H groups in total. The van der Waals surface area contributed by atoms with Crippen LogP contribution in [0.3, 0.4) is 0 Å². The number of ether oxygens (including phenoxy) is 2. The Morgan fingerprint density at radius 1 is 1.12 bits per heavy atom. The van der Waals surface area contributed by atoms with Gasteiger partial charge in [0.25, 0.3) is 11.2 Å². The van der Waals surface area contributed by atoms with Crippen molar-refractivity contribution in [2.45, 2.75) is 51.4 Å². The van der Waals surface area contributed by atoms with E-state index < -0.39 is 77.4 Å². The van der Waals surface area contributed by atoms with Gasteiger partial charge in [0, 0.05) is 18.7 Å². The number of phosphoric acid groups is 3. The Labute approximate surface area is 241 Å². The topological polar surface area (TPSA) is 297 Å². The molecule has 0 amide bonds. The Bertz CT molecular complexity index is 1590. The van der Waals surface area contributed by atoms with Crippen LogP contribution in [0.5, 0.6) is 0 Å². The van der Waals surface area contributed by atoms with Gasteiger partial charge in [-0.15, -0.1) is 0 Å². The highest BCUT2D eigenvalue weighted by atomic mass is 31.3. The summed E-state index contributed by atoms with van der Waals surface area (Å²) < 4.78 is 58.1. The molecule has 3 rings (SSSR count). The summed E-state index contributed by atoms with van der Waals surface area (Å²) in [5.74, 6) is -0.269. The van der Waals surface area contributed by atoms with Gasteiger partial charge in [0.05, 0.1) is 41.5 Å². The molecule has 0 spiro atoms. The van der Waals surface area contributed by atoms with Crippen LogP contribution in [0, 0.1) is 16.0 Å². The number of nitro benzene ring substituents is 1. The second-order valence-corrected chi connectivity index (χ2v) is 13.9. The van der Waals surface area contributed by atoms with Gasteiger partial charge < -0.3 is 34.2 Å². The maximum absolute atomic E-state index is 12.5. The van der Waals surface area contributed by atoms with Crippen molar-refractivity contribution in [3.8, 4) is 0 Å². The molecule has 4 unspecified atom stereocenters. The van der Waals surface area contributed by atoms with Crippen LogP contribution >= 0.6 is 23.5 Å². The molecule has 1 aliphatic heterocycles. The molecule has 0 bridgehead atoms. The second kappa shape index (κ2) is 13.7. The molecule has 1 fully saturated rings. The number of hydrogen-bond acceptors (Lipinski definition) is 13. The van der Waals surface area contributed by atoms with E-state index in [0.29, 0.717) is 0 Å². The van der Waals surface area contributed by atoms with E-state index in [-0.39, 0.29) is 29.2 Å². The SMILES string of the molecule is CC(C)C(OCc1cn([C@H]2CC(O)[C@@H](COP(=O)(O)OP(=O)(O)OP(=O)(O)O)O2)c(=O)[nH]c1=O)c1ccccc1[N+](=O)[O-]. The summed E-state index contributed by atoms with van der Waals surface area (Å²) in [4.78, 5) is 74.0. The van der Waals surface area contributed by atoms with Crippen molar-refractivity contribution >= 4 is 29.2 Å². The predicted molar refractivity (Wildman–Crippen MR) is 141 cm³/mol. The van der Waals surface area contributed by atoms with Gasteiger partial charge in [0.15, 0.2) is 0 Å². The van der Waals surface area contributed by atoms with Crippen molar-refractivity contribution in [2.24, 2.45) is 5.92 Å². The number of nitro groups is 1. The standard InChI is InChI=1S/C20H28N3O17P3/c1-11(2)18(13-5-3-4-6-14(13)23(27)28)36-9-12-8-22(20(26)21-19(12)25)17-7-15(24)16(38-17)10-37-42(32,33)40-43(34,35)39-41(29,30)31/h3-6,8,11,15-18,24H,7,9-10H2,1-2H3,(H,32,33)(H,34,35)(H,21,25,26)(H2,29,30,31)/t15?,16-,17-,18?/m1/s1.